The molecule has 0 unspecified atom stereocenters. The van der Waals surface area contributed by atoms with E-state index in [2.05, 4.69) is 32.3 Å². The Balaban J connectivity index is 1.47. The average Bonchev–Trinajstić information content (AvgIpc) is 3.47. The molecule has 1 aliphatic rings. The first-order valence-corrected chi connectivity index (χ1v) is 14.0. The van der Waals surface area contributed by atoms with Gasteiger partial charge in [0.25, 0.3) is 0 Å². The molecule has 0 spiro atoms. The highest BCUT2D eigenvalue weighted by Gasteiger charge is 2.32. The van der Waals surface area contributed by atoms with Gasteiger partial charge in [0.2, 0.25) is 5.91 Å². The van der Waals surface area contributed by atoms with Crippen molar-refractivity contribution in [1.29, 1.82) is 0 Å². The zero-order valence-electron chi connectivity index (χ0n) is 22.1. The lowest BCUT2D eigenvalue weighted by Gasteiger charge is -2.13. The van der Waals surface area contributed by atoms with E-state index in [0.717, 1.165) is 37.8 Å². The SMILES string of the molecule is Cc1c(C#Cc2ccncc2)sc2c1C(c1ccc(Cl)cc1)=N[C@@H](CC(=O)Nc1ccc(O)cc1)c1nnc(C)n1-2. The van der Waals surface area contributed by atoms with Gasteiger partial charge in [-0.25, -0.2) is 0 Å². The van der Waals surface area contributed by atoms with Crippen LogP contribution in [0.1, 0.15) is 51.2 Å². The Morgan fingerprint density at radius 3 is 2.49 bits per heavy atom. The quantitative estimate of drug-likeness (QED) is 0.200. The van der Waals surface area contributed by atoms with Crippen LogP contribution >= 0.6 is 22.9 Å². The summed E-state index contributed by atoms with van der Waals surface area (Å²) in [7, 11) is 0. The lowest BCUT2D eigenvalue weighted by atomic mass is 9.99. The smallest absolute Gasteiger partial charge is 0.227 e. The van der Waals surface area contributed by atoms with Gasteiger partial charge in [-0.05, 0) is 67.9 Å². The molecule has 6 rings (SSSR count). The number of nitrogens with zero attached hydrogens (tertiary/aromatic N) is 5. The second kappa shape index (κ2) is 11.0. The van der Waals surface area contributed by atoms with Gasteiger partial charge < -0.3 is 10.4 Å². The monoisotopic (exact) mass is 578 g/mol. The Morgan fingerprint density at radius 1 is 1.02 bits per heavy atom. The molecule has 202 valence electrons. The second-order valence-electron chi connectivity index (χ2n) is 9.46. The minimum Gasteiger partial charge on any atom is -0.508 e. The number of hydrogen-bond acceptors (Lipinski definition) is 7. The van der Waals surface area contributed by atoms with Crippen molar-refractivity contribution in [3.8, 4) is 22.6 Å². The molecule has 0 saturated carbocycles. The molecule has 2 aromatic carbocycles. The number of halogens is 1. The third-order valence-electron chi connectivity index (χ3n) is 6.65. The van der Waals surface area contributed by atoms with Gasteiger partial charge in [0.15, 0.2) is 5.82 Å². The number of anilines is 1. The molecule has 41 heavy (non-hydrogen) atoms. The average molecular weight is 579 g/mol. The van der Waals surface area contributed by atoms with Crippen LogP contribution in [0.15, 0.2) is 78.0 Å². The van der Waals surface area contributed by atoms with E-state index < -0.39 is 6.04 Å². The minimum atomic E-state index is -0.607. The van der Waals surface area contributed by atoms with Crippen LogP contribution in [0, 0.1) is 25.7 Å². The van der Waals surface area contributed by atoms with Crippen molar-refractivity contribution in [3.05, 3.63) is 117 Å². The predicted octanol–water partition coefficient (Wildman–Crippen LogP) is 6.02. The first kappa shape index (κ1) is 26.4. The Kier molecular flexibility index (Phi) is 7.10. The molecule has 8 nitrogen and oxygen atoms in total. The number of nitrogens with one attached hydrogen (secondary N) is 1. The van der Waals surface area contributed by atoms with Gasteiger partial charge in [-0.2, -0.15) is 0 Å². The number of pyridine rings is 1. The van der Waals surface area contributed by atoms with E-state index in [-0.39, 0.29) is 18.1 Å². The summed E-state index contributed by atoms with van der Waals surface area (Å²) in [5.74, 6) is 7.72. The third kappa shape index (κ3) is 5.35. The lowest BCUT2D eigenvalue weighted by molar-refractivity contribution is -0.116. The molecule has 3 aromatic heterocycles. The second-order valence-corrected chi connectivity index (χ2v) is 10.9. The zero-order valence-corrected chi connectivity index (χ0v) is 23.7. The van der Waals surface area contributed by atoms with Crippen LogP contribution in [-0.2, 0) is 4.79 Å². The summed E-state index contributed by atoms with van der Waals surface area (Å²) in [5, 5.41) is 22.8. The van der Waals surface area contributed by atoms with Crippen molar-refractivity contribution in [2.75, 3.05) is 5.32 Å². The summed E-state index contributed by atoms with van der Waals surface area (Å²) in [6, 6.07) is 17.0. The standard InChI is InChI=1S/C31H23ClN6O2S/c1-18-26(12-3-20-13-15-33-16-14-20)41-31-28(18)29(21-4-6-22(32)7-5-21)35-25(30-37-36-19(2)38(30)31)17-27(40)34-23-8-10-24(39)11-9-23/h4-11,13-16,25,39H,17H2,1-2H3,(H,34,40)/t25-/m0/s1. The number of aryl methyl sites for hydroxylation is 1. The van der Waals surface area contributed by atoms with E-state index in [1.165, 1.54) is 12.1 Å². The van der Waals surface area contributed by atoms with Crippen LogP contribution in [-0.4, -0.2) is 36.5 Å². The normalized spacial score (nSPS) is 13.7. The van der Waals surface area contributed by atoms with Crippen molar-refractivity contribution < 1.29 is 9.90 Å². The third-order valence-corrected chi connectivity index (χ3v) is 8.09. The Bertz CT molecular complexity index is 1850. The number of carbonyl (C=O) groups is 1. The number of phenols is 1. The van der Waals surface area contributed by atoms with Gasteiger partial charge in [0.05, 0.1) is 17.0 Å². The van der Waals surface area contributed by atoms with E-state index in [0.29, 0.717) is 22.4 Å². The number of thiophene rings is 1. The van der Waals surface area contributed by atoms with Crippen molar-refractivity contribution in [2.45, 2.75) is 26.3 Å². The molecule has 1 amide bonds. The van der Waals surface area contributed by atoms with Crippen molar-refractivity contribution in [2.24, 2.45) is 4.99 Å². The number of aliphatic imine (C=N–C) groups is 1. The maximum absolute atomic E-state index is 13.2. The maximum atomic E-state index is 13.2. The maximum Gasteiger partial charge on any atom is 0.227 e. The Morgan fingerprint density at radius 2 is 1.76 bits per heavy atom. The first-order chi connectivity index (χ1) is 19.9. The van der Waals surface area contributed by atoms with Gasteiger partial charge in [0, 0.05) is 39.8 Å². The highest BCUT2D eigenvalue weighted by molar-refractivity contribution is 7.15. The number of amides is 1. The molecule has 0 aliphatic carbocycles. The molecule has 5 aromatic rings. The van der Waals surface area contributed by atoms with Gasteiger partial charge in [-0.15, -0.1) is 21.5 Å². The van der Waals surface area contributed by atoms with E-state index in [4.69, 9.17) is 16.6 Å². The fourth-order valence-corrected chi connectivity index (χ4v) is 5.98. The number of rotatable bonds is 4. The molecule has 1 aliphatic heterocycles. The molecule has 2 N–H and O–H groups in total. The number of fused-ring (bicyclic) bond motifs is 3. The van der Waals surface area contributed by atoms with Gasteiger partial charge in [-0.3, -0.25) is 19.3 Å². The number of phenolic OH excluding ortho intramolecular Hbond substituents is 1. The van der Waals surface area contributed by atoms with E-state index in [1.807, 2.05) is 54.8 Å². The van der Waals surface area contributed by atoms with Gasteiger partial charge >= 0.3 is 0 Å². The number of aromatic hydroxyl groups is 1. The molecule has 4 heterocycles. The van der Waals surface area contributed by atoms with Gasteiger partial charge in [0.1, 0.15) is 22.6 Å². The molecule has 0 fully saturated rings. The number of carbonyl (C=O) groups excluding carboxylic acids is 1. The topological polar surface area (TPSA) is 105 Å². The van der Waals surface area contributed by atoms with E-state index in [9.17, 15) is 9.90 Å². The van der Waals surface area contributed by atoms with Gasteiger partial charge in [-0.1, -0.05) is 35.6 Å². The highest BCUT2D eigenvalue weighted by atomic mass is 35.5. The first-order valence-electron chi connectivity index (χ1n) is 12.8. The van der Waals surface area contributed by atoms with Crippen molar-refractivity contribution >= 4 is 40.2 Å². The van der Waals surface area contributed by atoms with Crippen molar-refractivity contribution in [1.82, 2.24) is 19.7 Å². The highest BCUT2D eigenvalue weighted by Crippen LogP contribution is 2.40. The van der Waals surface area contributed by atoms with Crippen LogP contribution < -0.4 is 5.32 Å². The van der Waals surface area contributed by atoms with Crippen LogP contribution in [0.5, 0.6) is 5.75 Å². The number of benzene rings is 2. The molecule has 10 heteroatoms. The molecular weight excluding hydrogens is 556 g/mol. The summed E-state index contributed by atoms with van der Waals surface area (Å²) in [6.45, 7) is 3.92. The summed E-state index contributed by atoms with van der Waals surface area (Å²) in [6.07, 6.45) is 3.48. The van der Waals surface area contributed by atoms with Crippen LogP contribution in [0.2, 0.25) is 5.02 Å². The van der Waals surface area contributed by atoms with Crippen LogP contribution in [0.4, 0.5) is 5.69 Å². The minimum absolute atomic E-state index is 0.0405. The van der Waals surface area contributed by atoms with Crippen LogP contribution in [0.3, 0.4) is 0 Å². The molecule has 1 atom stereocenters. The largest absolute Gasteiger partial charge is 0.508 e. The Labute approximate surface area is 245 Å². The lowest BCUT2D eigenvalue weighted by Crippen LogP contribution is -2.17. The van der Waals surface area contributed by atoms with E-state index in [1.54, 1.807) is 35.9 Å². The molecule has 0 radical (unpaired) electrons. The number of hydrogen-bond donors (Lipinski definition) is 2. The summed E-state index contributed by atoms with van der Waals surface area (Å²) >= 11 is 7.77. The van der Waals surface area contributed by atoms with Crippen LogP contribution in [0.25, 0.3) is 5.00 Å². The number of aromatic nitrogens is 4. The summed E-state index contributed by atoms with van der Waals surface area (Å²) < 4.78 is 1.98. The summed E-state index contributed by atoms with van der Waals surface area (Å²) in [5.41, 5.74) is 4.94. The van der Waals surface area contributed by atoms with E-state index >= 15 is 0 Å². The summed E-state index contributed by atoms with van der Waals surface area (Å²) in [4.78, 5) is 23.3. The molecule has 0 bridgehead atoms. The zero-order chi connectivity index (χ0) is 28.5. The predicted molar refractivity (Wildman–Crippen MR) is 160 cm³/mol. The Hall–Kier alpha value is -4.78. The fraction of sp³-hybridized carbons (Fsp3) is 0.129. The molecular formula is C31H23ClN6O2S. The molecule has 0 saturated heterocycles. The fourth-order valence-electron chi connectivity index (χ4n) is 4.64. The van der Waals surface area contributed by atoms with Crippen molar-refractivity contribution in [3.63, 3.8) is 0 Å².